The summed E-state index contributed by atoms with van der Waals surface area (Å²) >= 11 is 0. The average molecular weight is 302 g/mol. The van der Waals surface area contributed by atoms with Gasteiger partial charge in [-0.05, 0) is 63.9 Å². The number of carbonyl (C=O) groups excluding carboxylic acids is 1. The highest BCUT2D eigenvalue weighted by Gasteiger charge is 2.21. The molecule has 0 unspecified atom stereocenters. The number of benzene rings is 1. The maximum atomic E-state index is 13.4. The Kier molecular flexibility index (Phi) is 4.40. The summed E-state index contributed by atoms with van der Waals surface area (Å²) in [5.74, 6) is -0.366. The molecule has 1 aromatic carbocycles. The van der Waals surface area contributed by atoms with Crippen molar-refractivity contribution in [2.75, 3.05) is 0 Å². The minimum atomic E-state index is -0.300. The highest BCUT2D eigenvalue weighted by Crippen LogP contribution is 2.18. The van der Waals surface area contributed by atoms with Crippen LogP contribution in [0.4, 0.5) is 4.39 Å². The number of hydrogen-bond donors (Lipinski definition) is 1. The van der Waals surface area contributed by atoms with Crippen LogP contribution < -0.4 is 5.32 Å². The summed E-state index contributed by atoms with van der Waals surface area (Å²) in [7, 11) is 0. The normalized spacial score (nSPS) is 11.5. The van der Waals surface area contributed by atoms with Crippen LogP contribution in [0.5, 0.6) is 0 Å². The molecule has 0 radical (unpaired) electrons. The van der Waals surface area contributed by atoms with E-state index >= 15 is 0 Å². The predicted octanol–water partition coefficient (Wildman–Crippen LogP) is 3.82. The second-order valence-corrected chi connectivity index (χ2v) is 6.74. The Bertz CT molecular complexity index is 696. The number of hydrogen-bond acceptors (Lipinski definition) is 1. The van der Waals surface area contributed by atoms with Crippen LogP contribution in [0.25, 0.3) is 0 Å². The molecule has 1 heterocycles. The molecule has 2 aromatic rings. The fraction of sp³-hybridized carbons (Fsp3) is 0.389. The van der Waals surface area contributed by atoms with Gasteiger partial charge in [0.2, 0.25) is 0 Å². The molecular formula is C18H23FN2O. The van der Waals surface area contributed by atoms with E-state index in [2.05, 4.69) is 5.32 Å². The predicted molar refractivity (Wildman–Crippen MR) is 86.6 cm³/mol. The summed E-state index contributed by atoms with van der Waals surface area (Å²) in [4.78, 5) is 12.6. The van der Waals surface area contributed by atoms with Gasteiger partial charge in [0.15, 0.2) is 0 Å². The van der Waals surface area contributed by atoms with Crippen molar-refractivity contribution in [1.82, 2.24) is 9.88 Å². The van der Waals surface area contributed by atoms with Crippen LogP contribution >= 0.6 is 0 Å². The number of aryl methyl sites for hydroxylation is 2. The molecule has 0 atom stereocenters. The SMILES string of the molecule is Cc1cc(C)n(Cc2cccc(F)c2)c1C(=O)NC(C)(C)C. The highest BCUT2D eigenvalue weighted by atomic mass is 19.1. The van der Waals surface area contributed by atoms with Crippen LogP contribution in [0, 0.1) is 19.7 Å². The molecular weight excluding hydrogens is 279 g/mol. The Labute approximate surface area is 131 Å². The molecule has 1 amide bonds. The number of nitrogens with one attached hydrogen (secondary N) is 1. The van der Waals surface area contributed by atoms with Gasteiger partial charge in [0, 0.05) is 17.8 Å². The molecule has 118 valence electrons. The lowest BCUT2D eigenvalue weighted by Gasteiger charge is -2.22. The molecule has 0 aliphatic rings. The lowest BCUT2D eigenvalue weighted by molar-refractivity contribution is 0.0909. The summed E-state index contributed by atoms with van der Waals surface area (Å²) in [6, 6.07) is 8.45. The van der Waals surface area contributed by atoms with Crippen molar-refractivity contribution in [3.05, 3.63) is 58.7 Å². The molecule has 0 aliphatic heterocycles. The standard InChI is InChI=1S/C18H23FN2O/c1-12-9-13(2)21(11-14-7-6-8-15(19)10-14)16(12)17(22)20-18(3,4)5/h6-10H,11H2,1-5H3,(H,20,22). The zero-order chi connectivity index (χ0) is 16.5. The average Bonchev–Trinajstić information content (AvgIpc) is 2.62. The third-order valence-corrected chi connectivity index (χ3v) is 3.43. The quantitative estimate of drug-likeness (QED) is 0.919. The number of aromatic nitrogens is 1. The number of rotatable bonds is 3. The lowest BCUT2D eigenvalue weighted by Crippen LogP contribution is -2.41. The first-order valence-electron chi connectivity index (χ1n) is 7.41. The lowest BCUT2D eigenvalue weighted by atomic mass is 10.1. The molecule has 22 heavy (non-hydrogen) atoms. The van der Waals surface area contributed by atoms with Gasteiger partial charge < -0.3 is 9.88 Å². The minimum Gasteiger partial charge on any atom is -0.346 e. The Morgan fingerprint density at radius 2 is 1.91 bits per heavy atom. The van der Waals surface area contributed by atoms with Crippen molar-refractivity contribution in [1.29, 1.82) is 0 Å². The zero-order valence-corrected chi connectivity index (χ0v) is 13.8. The maximum absolute atomic E-state index is 13.4. The Morgan fingerprint density at radius 1 is 1.23 bits per heavy atom. The Balaban J connectivity index is 2.38. The maximum Gasteiger partial charge on any atom is 0.268 e. The first kappa shape index (κ1) is 16.3. The van der Waals surface area contributed by atoms with E-state index in [0.717, 1.165) is 16.8 Å². The molecule has 1 aromatic heterocycles. The summed E-state index contributed by atoms with van der Waals surface area (Å²) in [5, 5.41) is 2.99. The van der Waals surface area contributed by atoms with Gasteiger partial charge in [0.25, 0.3) is 5.91 Å². The fourth-order valence-corrected chi connectivity index (χ4v) is 2.57. The van der Waals surface area contributed by atoms with Crippen molar-refractivity contribution in [3.8, 4) is 0 Å². The molecule has 1 N–H and O–H groups in total. The molecule has 0 fully saturated rings. The van der Waals surface area contributed by atoms with E-state index in [0.29, 0.717) is 12.2 Å². The van der Waals surface area contributed by atoms with Gasteiger partial charge in [0.1, 0.15) is 11.5 Å². The van der Waals surface area contributed by atoms with Gasteiger partial charge in [-0.3, -0.25) is 4.79 Å². The number of nitrogens with zero attached hydrogens (tertiary/aromatic N) is 1. The Morgan fingerprint density at radius 3 is 2.50 bits per heavy atom. The molecule has 4 heteroatoms. The second-order valence-electron chi connectivity index (χ2n) is 6.74. The fourth-order valence-electron chi connectivity index (χ4n) is 2.57. The highest BCUT2D eigenvalue weighted by molar-refractivity contribution is 5.94. The minimum absolute atomic E-state index is 0.102. The molecule has 0 aliphatic carbocycles. The monoisotopic (exact) mass is 302 g/mol. The van der Waals surface area contributed by atoms with Crippen molar-refractivity contribution >= 4 is 5.91 Å². The van der Waals surface area contributed by atoms with Crippen LogP contribution in [-0.2, 0) is 6.54 Å². The smallest absolute Gasteiger partial charge is 0.268 e. The molecule has 0 bridgehead atoms. The third kappa shape index (κ3) is 3.75. The number of amides is 1. The molecule has 0 saturated heterocycles. The van der Waals surface area contributed by atoms with Crippen molar-refractivity contribution in [2.24, 2.45) is 0 Å². The van der Waals surface area contributed by atoms with Crippen molar-refractivity contribution in [3.63, 3.8) is 0 Å². The molecule has 0 spiro atoms. The van der Waals surface area contributed by atoms with Crippen LogP contribution in [0.1, 0.15) is 48.1 Å². The van der Waals surface area contributed by atoms with Crippen LogP contribution in [0.3, 0.4) is 0 Å². The first-order chi connectivity index (χ1) is 10.2. The van der Waals surface area contributed by atoms with Gasteiger partial charge >= 0.3 is 0 Å². The number of halogens is 1. The largest absolute Gasteiger partial charge is 0.346 e. The molecule has 0 saturated carbocycles. The van der Waals surface area contributed by atoms with E-state index in [9.17, 15) is 9.18 Å². The molecule has 3 nitrogen and oxygen atoms in total. The summed E-state index contributed by atoms with van der Waals surface area (Å²) in [6.07, 6.45) is 0. The topological polar surface area (TPSA) is 34.0 Å². The van der Waals surface area contributed by atoms with E-state index in [1.165, 1.54) is 12.1 Å². The Hall–Kier alpha value is -2.10. The molecule has 2 rings (SSSR count). The van der Waals surface area contributed by atoms with Crippen molar-refractivity contribution < 1.29 is 9.18 Å². The summed E-state index contributed by atoms with van der Waals surface area (Å²) in [5.41, 5.74) is 3.09. The summed E-state index contributed by atoms with van der Waals surface area (Å²) in [6.45, 7) is 10.2. The number of carbonyl (C=O) groups is 1. The van der Waals surface area contributed by atoms with E-state index in [1.54, 1.807) is 6.07 Å². The van der Waals surface area contributed by atoms with E-state index in [4.69, 9.17) is 0 Å². The van der Waals surface area contributed by atoms with Gasteiger partial charge in [-0.2, -0.15) is 0 Å². The van der Waals surface area contributed by atoms with E-state index in [1.807, 2.05) is 51.3 Å². The zero-order valence-electron chi connectivity index (χ0n) is 13.8. The van der Waals surface area contributed by atoms with Crippen molar-refractivity contribution in [2.45, 2.75) is 46.7 Å². The third-order valence-electron chi connectivity index (χ3n) is 3.43. The van der Waals surface area contributed by atoms with Gasteiger partial charge in [0.05, 0.1) is 0 Å². The van der Waals surface area contributed by atoms with Gasteiger partial charge in [-0.15, -0.1) is 0 Å². The second kappa shape index (κ2) is 5.95. The van der Waals surface area contributed by atoms with Crippen LogP contribution in [0.15, 0.2) is 30.3 Å². The van der Waals surface area contributed by atoms with E-state index < -0.39 is 0 Å². The summed E-state index contributed by atoms with van der Waals surface area (Å²) < 4.78 is 15.3. The van der Waals surface area contributed by atoms with Crippen LogP contribution in [0.2, 0.25) is 0 Å². The van der Waals surface area contributed by atoms with Gasteiger partial charge in [-0.25, -0.2) is 4.39 Å². The van der Waals surface area contributed by atoms with E-state index in [-0.39, 0.29) is 17.3 Å². The van der Waals surface area contributed by atoms with Crippen LogP contribution in [-0.4, -0.2) is 16.0 Å². The van der Waals surface area contributed by atoms with Gasteiger partial charge in [-0.1, -0.05) is 12.1 Å². The first-order valence-corrected chi connectivity index (χ1v) is 7.41.